The standard InChI is InChI=1S/C17H29NO4S/c1-11-14-8-13(17(14,2)3)9-15(11)22-16(19)12-6-5-7-18(10-12)23(4,20)21/h11-15H,5-10H2,1-4H3/t11-,12-,13+,14+,15-/m0/s1. The molecule has 0 N–H and O–H groups in total. The molecule has 2 bridgehead atoms. The number of hydrogen-bond acceptors (Lipinski definition) is 4. The van der Waals surface area contributed by atoms with Crippen molar-refractivity contribution in [1.82, 2.24) is 4.31 Å². The normalized spacial score (nSPS) is 40.3. The van der Waals surface area contributed by atoms with Crippen LogP contribution in [0, 0.1) is 29.1 Å². The first-order chi connectivity index (χ1) is 10.6. The number of ether oxygens (including phenoxy) is 1. The summed E-state index contributed by atoms with van der Waals surface area (Å²) in [6, 6.07) is 0. The fraction of sp³-hybridized carbons (Fsp3) is 0.941. The van der Waals surface area contributed by atoms with Gasteiger partial charge in [-0.15, -0.1) is 0 Å². The third-order valence-corrected chi connectivity index (χ3v) is 8.01. The van der Waals surface area contributed by atoms with Gasteiger partial charge in [0.2, 0.25) is 10.0 Å². The molecule has 23 heavy (non-hydrogen) atoms. The second kappa shape index (κ2) is 5.73. The molecule has 0 aromatic rings. The number of fused-ring (bicyclic) bond motifs is 2. The Morgan fingerprint density at radius 1 is 1.26 bits per heavy atom. The predicted molar refractivity (Wildman–Crippen MR) is 88.2 cm³/mol. The van der Waals surface area contributed by atoms with E-state index in [4.69, 9.17) is 4.74 Å². The first-order valence-corrected chi connectivity index (χ1v) is 10.6. The van der Waals surface area contributed by atoms with Gasteiger partial charge in [-0.3, -0.25) is 4.79 Å². The van der Waals surface area contributed by atoms with Crippen molar-refractivity contribution in [1.29, 1.82) is 0 Å². The minimum Gasteiger partial charge on any atom is -0.462 e. The van der Waals surface area contributed by atoms with E-state index in [-0.39, 0.29) is 24.5 Å². The van der Waals surface area contributed by atoms with Gasteiger partial charge < -0.3 is 4.74 Å². The summed E-state index contributed by atoms with van der Waals surface area (Å²) in [5.41, 5.74) is 0.375. The average molecular weight is 343 g/mol. The first-order valence-electron chi connectivity index (χ1n) is 8.76. The maximum atomic E-state index is 12.5. The Balaban J connectivity index is 1.60. The van der Waals surface area contributed by atoms with E-state index in [0.717, 1.165) is 19.3 Å². The maximum absolute atomic E-state index is 12.5. The molecule has 4 aliphatic rings. The SMILES string of the molecule is C[C@@H]1[C@@H](OC(=O)[C@H]2CCCN(S(C)(=O)=O)C2)C[C@H]2C[C@H]1C2(C)C. The van der Waals surface area contributed by atoms with E-state index in [9.17, 15) is 13.2 Å². The third-order valence-electron chi connectivity index (χ3n) is 6.74. The lowest BCUT2D eigenvalue weighted by molar-refractivity contribution is -0.190. The molecule has 6 heteroatoms. The van der Waals surface area contributed by atoms with Crippen LogP contribution in [0.5, 0.6) is 0 Å². The fourth-order valence-corrected chi connectivity index (χ4v) is 5.85. The van der Waals surface area contributed by atoms with Gasteiger partial charge in [0.25, 0.3) is 0 Å². The molecule has 132 valence electrons. The highest BCUT2D eigenvalue weighted by Gasteiger charge is 2.57. The van der Waals surface area contributed by atoms with Gasteiger partial charge in [-0.25, -0.2) is 12.7 Å². The van der Waals surface area contributed by atoms with Gasteiger partial charge in [0.05, 0.1) is 12.2 Å². The van der Waals surface area contributed by atoms with Crippen LogP contribution in [0.2, 0.25) is 0 Å². The predicted octanol–water partition coefficient (Wildman–Crippen LogP) is 2.27. The van der Waals surface area contributed by atoms with Gasteiger partial charge in [0, 0.05) is 13.1 Å². The summed E-state index contributed by atoms with van der Waals surface area (Å²) >= 11 is 0. The van der Waals surface area contributed by atoms with Gasteiger partial charge >= 0.3 is 5.97 Å². The number of piperidine rings is 1. The summed E-state index contributed by atoms with van der Waals surface area (Å²) in [7, 11) is -3.23. The van der Waals surface area contributed by atoms with Crippen molar-refractivity contribution >= 4 is 16.0 Å². The minimum atomic E-state index is -3.23. The lowest BCUT2D eigenvalue weighted by atomic mass is 9.45. The molecule has 0 aromatic heterocycles. The van der Waals surface area contributed by atoms with Crippen molar-refractivity contribution in [2.24, 2.45) is 29.1 Å². The van der Waals surface area contributed by atoms with Crippen molar-refractivity contribution < 1.29 is 17.9 Å². The summed E-state index contributed by atoms with van der Waals surface area (Å²) < 4.78 is 30.6. The monoisotopic (exact) mass is 343 g/mol. The van der Waals surface area contributed by atoms with Crippen LogP contribution in [0.25, 0.3) is 0 Å². The maximum Gasteiger partial charge on any atom is 0.310 e. The van der Waals surface area contributed by atoms with E-state index in [1.807, 2.05) is 0 Å². The van der Waals surface area contributed by atoms with Crippen LogP contribution in [0.15, 0.2) is 0 Å². The highest BCUT2D eigenvalue weighted by Crippen LogP contribution is 2.61. The molecule has 0 radical (unpaired) electrons. The Morgan fingerprint density at radius 3 is 2.52 bits per heavy atom. The van der Waals surface area contributed by atoms with E-state index in [1.54, 1.807) is 0 Å². The van der Waals surface area contributed by atoms with Gasteiger partial charge in [0.15, 0.2) is 0 Å². The lowest BCUT2D eigenvalue weighted by Gasteiger charge is -2.61. The lowest BCUT2D eigenvalue weighted by Crippen LogP contribution is -2.57. The molecule has 4 fully saturated rings. The van der Waals surface area contributed by atoms with Crippen LogP contribution in [-0.4, -0.2) is 44.1 Å². The van der Waals surface area contributed by atoms with E-state index < -0.39 is 10.0 Å². The zero-order chi connectivity index (χ0) is 17.0. The summed E-state index contributed by atoms with van der Waals surface area (Å²) in [6.45, 7) is 7.64. The molecule has 0 spiro atoms. The highest BCUT2D eigenvalue weighted by molar-refractivity contribution is 7.88. The van der Waals surface area contributed by atoms with Gasteiger partial charge in [-0.05, 0) is 48.9 Å². The molecule has 4 rings (SSSR count). The number of carbonyl (C=O) groups excluding carboxylic acids is 1. The van der Waals surface area contributed by atoms with Crippen molar-refractivity contribution in [3.8, 4) is 0 Å². The first kappa shape index (κ1) is 17.2. The zero-order valence-electron chi connectivity index (χ0n) is 14.6. The van der Waals surface area contributed by atoms with E-state index in [0.29, 0.717) is 29.7 Å². The summed E-state index contributed by atoms with van der Waals surface area (Å²) in [5.74, 6) is 1.18. The molecule has 3 saturated carbocycles. The van der Waals surface area contributed by atoms with Crippen molar-refractivity contribution in [3.05, 3.63) is 0 Å². The topological polar surface area (TPSA) is 63.7 Å². The molecule has 0 amide bonds. The van der Waals surface area contributed by atoms with Gasteiger partial charge in [-0.1, -0.05) is 20.8 Å². The van der Waals surface area contributed by atoms with Crippen molar-refractivity contribution in [3.63, 3.8) is 0 Å². The van der Waals surface area contributed by atoms with Gasteiger partial charge in [-0.2, -0.15) is 0 Å². The molecule has 1 saturated heterocycles. The molecule has 1 heterocycles. The summed E-state index contributed by atoms with van der Waals surface area (Å²) in [4.78, 5) is 12.5. The van der Waals surface area contributed by atoms with Gasteiger partial charge in [0.1, 0.15) is 6.10 Å². The minimum absolute atomic E-state index is 0.00730. The van der Waals surface area contributed by atoms with Crippen LogP contribution in [0.3, 0.4) is 0 Å². The average Bonchev–Trinajstić information content (AvgIpc) is 2.48. The molecule has 5 nitrogen and oxygen atoms in total. The molecular weight excluding hydrogens is 314 g/mol. The molecule has 3 aliphatic carbocycles. The molecule has 1 aliphatic heterocycles. The Kier molecular flexibility index (Phi) is 4.28. The van der Waals surface area contributed by atoms with Crippen LogP contribution in [0.1, 0.15) is 46.5 Å². The van der Waals surface area contributed by atoms with E-state index in [1.165, 1.54) is 17.0 Å². The molecule has 0 aromatic carbocycles. The highest BCUT2D eigenvalue weighted by atomic mass is 32.2. The number of esters is 1. The van der Waals surface area contributed by atoms with Crippen molar-refractivity contribution in [2.75, 3.05) is 19.3 Å². The summed E-state index contributed by atoms with van der Waals surface area (Å²) in [6.07, 6.45) is 4.88. The second-order valence-corrected chi connectivity index (χ2v) is 10.4. The Hall–Kier alpha value is -0.620. The summed E-state index contributed by atoms with van der Waals surface area (Å²) in [5, 5.41) is 0. The zero-order valence-corrected chi connectivity index (χ0v) is 15.4. The largest absolute Gasteiger partial charge is 0.462 e. The smallest absolute Gasteiger partial charge is 0.310 e. The Bertz CT molecular complexity index is 585. The fourth-order valence-electron chi connectivity index (χ4n) is 4.94. The van der Waals surface area contributed by atoms with E-state index >= 15 is 0 Å². The Morgan fingerprint density at radius 2 is 1.96 bits per heavy atom. The number of sulfonamides is 1. The van der Waals surface area contributed by atoms with Crippen LogP contribution in [-0.2, 0) is 19.6 Å². The van der Waals surface area contributed by atoms with Crippen LogP contribution >= 0.6 is 0 Å². The van der Waals surface area contributed by atoms with Crippen LogP contribution < -0.4 is 0 Å². The number of nitrogens with zero attached hydrogens (tertiary/aromatic N) is 1. The van der Waals surface area contributed by atoms with Crippen molar-refractivity contribution in [2.45, 2.75) is 52.6 Å². The molecular formula is C17H29NO4S. The number of carbonyl (C=O) groups is 1. The van der Waals surface area contributed by atoms with Crippen LogP contribution in [0.4, 0.5) is 0 Å². The molecule has 0 unspecified atom stereocenters. The number of rotatable bonds is 3. The molecule has 5 atom stereocenters. The second-order valence-electron chi connectivity index (χ2n) is 8.39. The Labute approximate surface area is 139 Å². The third kappa shape index (κ3) is 3.04. The van der Waals surface area contributed by atoms with E-state index in [2.05, 4.69) is 20.8 Å². The number of hydrogen-bond donors (Lipinski definition) is 0. The quantitative estimate of drug-likeness (QED) is 0.738.